The van der Waals surface area contributed by atoms with Crippen molar-refractivity contribution in [2.45, 2.75) is 295 Å². The summed E-state index contributed by atoms with van der Waals surface area (Å²) in [5, 5.41) is 38.2. The molecule has 0 aliphatic rings. The Hall–Kier alpha value is -2.02. The van der Waals surface area contributed by atoms with Crippen LogP contribution >= 0.6 is 35.3 Å². The molecule has 0 heterocycles. The first-order chi connectivity index (χ1) is 36.2. The molecule has 9 heteroatoms. The number of hydrogen-bond donors (Lipinski definition) is 3. The Bertz CT molecular complexity index is 2340. The predicted molar refractivity (Wildman–Crippen MR) is 370 cm³/mol. The van der Waals surface area contributed by atoms with E-state index in [1.165, 1.54) is 98.4 Å². The molecule has 0 aliphatic carbocycles. The Kier molecular flexibility index (Phi) is 27.9. The van der Waals surface area contributed by atoms with E-state index >= 15 is 0 Å². The lowest BCUT2D eigenvalue weighted by Gasteiger charge is -2.32. The third kappa shape index (κ3) is 20.9. The van der Waals surface area contributed by atoms with Crippen LogP contribution in [0.4, 0.5) is 0 Å². The van der Waals surface area contributed by atoms with Crippen molar-refractivity contribution in [2.75, 3.05) is 16.1 Å². The molecule has 0 spiro atoms. The first-order valence-corrected chi connectivity index (χ1v) is 42.1. The van der Waals surface area contributed by atoms with E-state index in [2.05, 4.69) is 259 Å². The summed E-state index contributed by atoms with van der Waals surface area (Å²) in [4.78, 5) is 3.97. The van der Waals surface area contributed by atoms with Crippen LogP contribution in [0.3, 0.4) is 0 Å². The van der Waals surface area contributed by atoms with Crippen molar-refractivity contribution in [3.05, 3.63) is 100 Å². The smallest absolute Gasteiger partial charge is 0.123 e. The van der Waals surface area contributed by atoms with Crippen molar-refractivity contribution in [3.63, 3.8) is 0 Å². The van der Waals surface area contributed by atoms with Gasteiger partial charge < -0.3 is 15.3 Å². The summed E-state index contributed by atoms with van der Waals surface area (Å²) in [6.45, 7) is 58.3. The highest BCUT2D eigenvalue weighted by Crippen LogP contribution is 2.46. The molecule has 4 aromatic carbocycles. The summed E-state index contributed by atoms with van der Waals surface area (Å²) in [6, 6.07) is 35.6. The Labute approximate surface area is 504 Å². The summed E-state index contributed by atoms with van der Waals surface area (Å²) >= 11 is 6.08. The fraction of sp³-hybridized carbons (Fsp3) is 0.657. The van der Waals surface area contributed by atoms with E-state index in [-0.39, 0.29) is 32.5 Å². The number of aromatic hydroxyl groups is 3. The van der Waals surface area contributed by atoms with Crippen LogP contribution in [0.5, 0.6) is 17.2 Å². The van der Waals surface area contributed by atoms with E-state index in [9.17, 15) is 15.3 Å². The van der Waals surface area contributed by atoms with E-state index in [1.54, 1.807) is 5.19 Å². The van der Waals surface area contributed by atoms with Gasteiger partial charge in [-0.05, 0) is 85.0 Å². The summed E-state index contributed by atoms with van der Waals surface area (Å²) < 4.78 is 0. The Balaban J connectivity index is 0.000000406. The summed E-state index contributed by atoms with van der Waals surface area (Å²) in [5.41, 5.74) is 6.10. The van der Waals surface area contributed by atoms with Gasteiger partial charge in [0.1, 0.15) is 17.2 Å². The normalized spacial score (nSPS) is 13.2. The average Bonchev–Trinajstić information content (AvgIpc) is 3.34. The van der Waals surface area contributed by atoms with E-state index < -0.39 is 24.2 Å². The molecule has 0 unspecified atom stereocenters. The number of phenols is 3. The molecule has 0 saturated heterocycles. The summed E-state index contributed by atoms with van der Waals surface area (Å²) in [7, 11) is -3.90. The lowest BCUT2D eigenvalue weighted by molar-refractivity contribution is 0.421. The Morgan fingerprint density at radius 2 is 0.570 bits per heavy atom. The molecular weight excluding hydrogens is 1070 g/mol. The van der Waals surface area contributed by atoms with Crippen LogP contribution < -0.4 is 5.19 Å². The van der Waals surface area contributed by atoms with Crippen LogP contribution in [0.1, 0.15) is 233 Å². The van der Waals surface area contributed by atoms with Crippen molar-refractivity contribution in [2.24, 2.45) is 0 Å². The quantitative estimate of drug-likeness (QED) is 0.0571. The van der Waals surface area contributed by atoms with Crippen LogP contribution in [-0.4, -0.2) is 55.7 Å². The van der Waals surface area contributed by atoms with E-state index in [0.717, 1.165) is 33.4 Å². The molecule has 0 amide bonds. The van der Waals surface area contributed by atoms with E-state index in [0.29, 0.717) is 17.2 Å². The highest BCUT2D eigenvalue weighted by Gasteiger charge is 2.35. The molecule has 79 heavy (non-hydrogen) atoms. The molecule has 0 saturated carbocycles. The highest BCUT2D eigenvalue weighted by molar-refractivity contribution is 8.01. The summed E-state index contributed by atoms with van der Waals surface area (Å²) in [6.07, 6.45) is 3.97. The number of thioether (sulfide) groups is 3. The standard InChI is InChI=1S/C25H38OSSi.C24H44OSSi.C21H38OSSi/c1-9-28(10-2,20-14-12-11-13-15-20)18-27-19-16-21(24(3,4)5)23(26)22(17-19)25(6,7)8;1-10-13-27(14-11-2,15-12-3)18-26-19-16-20(23(4,5)6)22(25)21(17-19)24(7,8)9;1-10-24(11-2,12-3)15-23-16-13-17(20(4,5)6)19(22)18(14-16)21(7,8)9/h11-17,26H,9-10,18H2,1-8H3;16-17,25H,10-15,18H2,1-9H3;13-14,22H,10-12,15H2,1-9H3. The van der Waals surface area contributed by atoms with Gasteiger partial charge in [-0.15, -0.1) is 35.3 Å². The first-order valence-electron chi connectivity index (χ1n) is 30.8. The minimum atomic E-state index is -1.54. The van der Waals surface area contributed by atoms with Gasteiger partial charge in [-0.3, -0.25) is 0 Å². The first kappa shape index (κ1) is 73.1. The molecule has 4 rings (SSSR count). The predicted octanol–water partition coefficient (Wildman–Crippen LogP) is 22.4. The Morgan fingerprint density at radius 3 is 0.785 bits per heavy atom. The summed E-state index contributed by atoms with van der Waals surface area (Å²) in [5.74, 6) is 1.46. The van der Waals surface area contributed by atoms with Gasteiger partial charge in [0.25, 0.3) is 0 Å². The van der Waals surface area contributed by atoms with Crippen LogP contribution in [0, 0.1) is 0 Å². The molecule has 0 fully saturated rings. The van der Waals surface area contributed by atoms with Gasteiger partial charge >= 0.3 is 0 Å². The van der Waals surface area contributed by atoms with E-state index in [1.807, 2.05) is 23.5 Å². The molecule has 3 N–H and O–H groups in total. The molecule has 0 aromatic heterocycles. The van der Waals surface area contributed by atoms with Crippen molar-refractivity contribution >= 4 is 64.7 Å². The topological polar surface area (TPSA) is 60.7 Å². The monoisotopic (exact) mass is 1190 g/mol. The maximum atomic E-state index is 11.0. The molecular formula is C70H120O3S3Si3. The average molecular weight is 1190 g/mol. The maximum absolute atomic E-state index is 11.0. The maximum Gasteiger partial charge on any atom is 0.123 e. The molecule has 4 aromatic rings. The van der Waals surface area contributed by atoms with Crippen LogP contribution in [-0.2, 0) is 32.5 Å². The molecule has 0 atom stereocenters. The van der Waals surface area contributed by atoms with E-state index in [4.69, 9.17) is 0 Å². The van der Waals surface area contributed by atoms with Crippen molar-refractivity contribution in [1.29, 1.82) is 0 Å². The van der Waals surface area contributed by atoms with Crippen LogP contribution in [0.2, 0.25) is 48.4 Å². The number of benzene rings is 4. The van der Waals surface area contributed by atoms with Gasteiger partial charge in [-0.25, -0.2) is 0 Å². The second-order valence-electron chi connectivity index (χ2n) is 29.6. The molecule has 0 bridgehead atoms. The van der Waals surface area contributed by atoms with Gasteiger partial charge in [0.2, 0.25) is 0 Å². The highest BCUT2D eigenvalue weighted by atomic mass is 32.2. The number of hydrogen-bond acceptors (Lipinski definition) is 6. The van der Waals surface area contributed by atoms with Crippen molar-refractivity contribution in [3.8, 4) is 17.2 Å². The van der Waals surface area contributed by atoms with Crippen molar-refractivity contribution in [1.82, 2.24) is 0 Å². The Morgan fingerprint density at radius 1 is 0.329 bits per heavy atom. The van der Waals surface area contributed by atoms with Crippen LogP contribution in [0.15, 0.2) is 81.4 Å². The molecule has 448 valence electrons. The second-order valence-corrected chi connectivity index (χ2v) is 49.5. The number of phenolic OH excluding ortho intramolecular Hbond substituents is 3. The lowest BCUT2D eigenvalue weighted by Crippen LogP contribution is -2.49. The molecule has 0 radical (unpaired) electrons. The van der Waals surface area contributed by atoms with Gasteiger partial charge in [0.15, 0.2) is 0 Å². The SMILES string of the molecule is CCC[Si](CCC)(CCC)CSc1cc(C(C)(C)C)c(O)c(C(C)(C)C)c1.CC[Si](CC)(CC)CSc1cc(C(C)(C)C)c(O)c(C(C)(C)C)c1.CC[Si](CC)(CSc1cc(C(C)(C)C)c(O)c(C(C)(C)C)c1)c1ccccc1. The number of rotatable bonds is 21. The van der Waals surface area contributed by atoms with Crippen LogP contribution in [0.25, 0.3) is 0 Å². The van der Waals surface area contributed by atoms with Gasteiger partial charge in [0, 0.05) is 48.1 Å². The minimum Gasteiger partial charge on any atom is -0.507 e. The van der Waals surface area contributed by atoms with Gasteiger partial charge in [-0.1, -0.05) is 283 Å². The third-order valence-corrected chi connectivity index (χ3v) is 41.0. The lowest BCUT2D eigenvalue weighted by atomic mass is 9.79. The third-order valence-electron chi connectivity index (χ3n) is 17.0. The second kappa shape index (κ2) is 30.2. The fourth-order valence-electron chi connectivity index (χ4n) is 11.2. The molecule has 0 aliphatic heterocycles. The fourth-order valence-corrected chi connectivity index (χ4v) is 32.1. The minimum absolute atomic E-state index is 0.0462. The van der Waals surface area contributed by atoms with Crippen molar-refractivity contribution < 1.29 is 15.3 Å². The zero-order chi connectivity index (χ0) is 60.8. The molecule has 3 nitrogen and oxygen atoms in total. The zero-order valence-corrected chi connectivity index (χ0v) is 61.3. The largest absolute Gasteiger partial charge is 0.507 e. The zero-order valence-electron chi connectivity index (χ0n) is 55.8. The van der Waals surface area contributed by atoms with Gasteiger partial charge in [-0.2, -0.15) is 0 Å². The van der Waals surface area contributed by atoms with Gasteiger partial charge in [0.05, 0.1) is 24.2 Å².